The van der Waals surface area contributed by atoms with Gasteiger partial charge in [0.25, 0.3) is 0 Å². The van der Waals surface area contributed by atoms with E-state index in [2.05, 4.69) is 26.0 Å². The van der Waals surface area contributed by atoms with Crippen molar-refractivity contribution in [2.45, 2.75) is 38.3 Å². The first-order valence-electron chi connectivity index (χ1n) is 10.7. The van der Waals surface area contributed by atoms with E-state index < -0.39 is 0 Å². The fraction of sp³-hybridized carbons (Fsp3) is 0.500. The molecule has 3 aliphatic heterocycles. The van der Waals surface area contributed by atoms with Crippen LogP contribution in [0, 0.1) is 5.92 Å². The summed E-state index contributed by atoms with van der Waals surface area (Å²) in [5.41, 5.74) is 1.91. The van der Waals surface area contributed by atoms with Crippen LogP contribution in [-0.4, -0.2) is 39.8 Å². The highest BCUT2D eigenvalue weighted by Gasteiger charge is 2.53. The van der Waals surface area contributed by atoms with E-state index in [4.69, 9.17) is 23.7 Å². The Kier molecular flexibility index (Phi) is 4.69. The lowest BCUT2D eigenvalue weighted by Gasteiger charge is -2.47. The number of methoxy groups -OCH3 is 2. The molecule has 30 heavy (non-hydrogen) atoms. The second kappa shape index (κ2) is 7.27. The second-order valence-electron chi connectivity index (χ2n) is 8.64. The fourth-order valence-electron chi connectivity index (χ4n) is 5.38. The van der Waals surface area contributed by atoms with Crippen LogP contribution in [0.3, 0.4) is 0 Å². The Morgan fingerprint density at radius 2 is 1.67 bits per heavy atom. The zero-order chi connectivity index (χ0) is 20.9. The molecule has 5 rings (SSSR count). The smallest absolute Gasteiger partial charge is 0.242 e. The highest BCUT2D eigenvalue weighted by Crippen LogP contribution is 2.52. The highest BCUT2D eigenvalue weighted by molar-refractivity contribution is 5.58. The van der Waals surface area contributed by atoms with Crippen molar-refractivity contribution in [1.29, 1.82) is 0 Å². The van der Waals surface area contributed by atoms with Gasteiger partial charge in [0.1, 0.15) is 17.2 Å². The van der Waals surface area contributed by atoms with Crippen molar-refractivity contribution in [3.05, 3.63) is 41.5 Å². The number of nitrogens with one attached hydrogen (secondary N) is 1. The normalized spacial score (nSPS) is 27.5. The first-order chi connectivity index (χ1) is 14.5. The number of fused-ring (bicyclic) bond motifs is 2. The third-order valence-electron chi connectivity index (χ3n) is 7.22. The van der Waals surface area contributed by atoms with Crippen LogP contribution >= 0.6 is 0 Å². The van der Waals surface area contributed by atoms with Crippen molar-refractivity contribution >= 4 is 0 Å². The molecule has 1 fully saturated rings. The Bertz CT molecular complexity index is 955. The molecule has 1 saturated heterocycles. The Morgan fingerprint density at radius 1 is 0.933 bits per heavy atom. The van der Waals surface area contributed by atoms with Crippen molar-refractivity contribution in [2.24, 2.45) is 5.92 Å². The Hall–Kier alpha value is -2.60. The topological polar surface area (TPSA) is 50.6 Å². The van der Waals surface area contributed by atoms with Gasteiger partial charge in [0.05, 0.1) is 33.2 Å². The van der Waals surface area contributed by atoms with E-state index in [9.17, 15) is 0 Å². The monoisotopic (exact) mass is 412 g/mol. The number of likely N-dealkylation sites (tertiary alicyclic amines) is 1. The summed E-state index contributed by atoms with van der Waals surface area (Å²) in [6.45, 7) is 7.07. The zero-order valence-electron chi connectivity index (χ0n) is 18.1. The molecule has 0 aliphatic carbocycles. The van der Waals surface area contributed by atoms with Gasteiger partial charge in [0.2, 0.25) is 12.5 Å². The number of rotatable bonds is 4. The summed E-state index contributed by atoms with van der Waals surface area (Å²) < 4.78 is 29.4. The molecule has 0 spiro atoms. The van der Waals surface area contributed by atoms with Gasteiger partial charge in [0.15, 0.2) is 11.5 Å². The molecule has 0 aromatic heterocycles. The first kappa shape index (κ1) is 19.4. The fourth-order valence-corrected chi connectivity index (χ4v) is 5.38. The lowest BCUT2D eigenvalue weighted by molar-refractivity contribution is -0.967. The SMILES string of the molecule is COc1ccc([C@@H]2c3cc4c(cc3O[C@@](C)([NH+]3CCCC3)[C@@H]2C)OCO4)c(OC)c1. The van der Waals surface area contributed by atoms with E-state index in [0.29, 0.717) is 0 Å². The van der Waals surface area contributed by atoms with E-state index in [0.717, 1.165) is 53.0 Å². The summed E-state index contributed by atoms with van der Waals surface area (Å²) in [6.07, 6.45) is 2.48. The molecule has 160 valence electrons. The number of ether oxygens (including phenoxy) is 5. The van der Waals surface area contributed by atoms with Crippen molar-refractivity contribution in [3.63, 3.8) is 0 Å². The third-order valence-corrected chi connectivity index (χ3v) is 7.22. The van der Waals surface area contributed by atoms with Crippen LogP contribution in [-0.2, 0) is 0 Å². The van der Waals surface area contributed by atoms with E-state index in [-0.39, 0.29) is 24.4 Å². The van der Waals surface area contributed by atoms with Crippen LogP contribution < -0.4 is 28.6 Å². The average Bonchev–Trinajstić information content (AvgIpc) is 3.45. The van der Waals surface area contributed by atoms with Crippen LogP contribution in [0.25, 0.3) is 0 Å². The zero-order valence-corrected chi connectivity index (χ0v) is 18.1. The Labute approximate surface area is 177 Å². The van der Waals surface area contributed by atoms with E-state index in [1.54, 1.807) is 14.2 Å². The molecule has 2 aromatic carbocycles. The minimum atomic E-state index is -0.340. The standard InChI is InChI=1S/C24H29NO5/c1-15-23(17-8-7-16(26-3)11-19(17)27-4)18-12-21-22(29-14-28-21)13-20(18)30-24(15,2)25-9-5-6-10-25/h7-8,11-13,15,23H,5-6,9-10,14H2,1-4H3/p+1/t15-,23-,24-/m1/s1. The molecule has 0 bridgehead atoms. The Balaban J connectivity index is 1.68. The second-order valence-corrected chi connectivity index (χ2v) is 8.64. The lowest BCUT2D eigenvalue weighted by Crippen LogP contribution is -3.20. The summed E-state index contributed by atoms with van der Waals surface area (Å²) in [4.78, 5) is 1.51. The summed E-state index contributed by atoms with van der Waals surface area (Å²) in [6, 6.07) is 10.2. The summed E-state index contributed by atoms with van der Waals surface area (Å²) in [5, 5.41) is 0. The van der Waals surface area contributed by atoms with Gasteiger partial charge in [-0.25, -0.2) is 0 Å². The van der Waals surface area contributed by atoms with Crippen molar-refractivity contribution in [2.75, 3.05) is 34.1 Å². The predicted molar refractivity (Wildman–Crippen MR) is 112 cm³/mol. The van der Waals surface area contributed by atoms with Crippen LogP contribution in [0.5, 0.6) is 28.7 Å². The number of hydrogen-bond acceptors (Lipinski definition) is 5. The highest BCUT2D eigenvalue weighted by atomic mass is 16.7. The minimum Gasteiger partial charge on any atom is -0.497 e. The van der Waals surface area contributed by atoms with Gasteiger partial charge in [-0.1, -0.05) is 13.0 Å². The predicted octanol–water partition coefficient (Wildman–Crippen LogP) is 2.99. The maximum Gasteiger partial charge on any atom is 0.242 e. The van der Waals surface area contributed by atoms with Gasteiger partial charge in [-0.05, 0) is 12.1 Å². The molecular weight excluding hydrogens is 382 g/mol. The van der Waals surface area contributed by atoms with Gasteiger partial charge in [-0.2, -0.15) is 0 Å². The number of quaternary nitrogens is 1. The van der Waals surface area contributed by atoms with E-state index in [1.807, 2.05) is 18.2 Å². The third kappa shape index (κ3) is 2.88. The molecule has 3 heterocycles. The average molecular weight is 413 g/mol. The van der Waals surface area contributed by atoms with Gasteiger partial charge in [-0.3, -0.25) is 4.90 Å². The quantitative estimate of drug-likeness (QED) is 0.837. The molecule has 0 unspecified atom stereocenters. The maximum absolute atomic E-state index is 6.77. The van der Waals surface area contributed by atoms with Gasteiger partial charge < -0.3 is 23.7 Å². The van der Waals surface area contributed by atoms with Gasteiger partial charge in [-0.15, -0.1) is 0 Å². The van der Waals surface area contributed by atoms with Gasteiger partial charge in [0, 0.05) is 48.9 Å². The van der Waals surface area contributed by atoms with Crippen LogP contribution in [0.4, 0.5) is 0 Å². The largest absolute Gasteiger partial charge is 0.497 e. The first-order valence-corrected chi connectivity index (χ1v) is 10.7. The molecule has 2 aromatic rings. The number of benzene rings is 2. The van der Waals surface area contributed by atoms with Crippen LogP contribution in [0.1, 0.15) is 43.7 Å². The summed E-state index contributed by atoms with van der Waals surface area (Å²) in [5.74, 6) is 4.34. The van der Waals surface area contributed by atoms with Gasteiger partial charge >= 0.3 is 0 Å². The molecule has 6 nitrogen and oxygen atoms in total. The van der Waals surface area contributed by atoms with Crippen molar-refractivity contribution in [1.82, 2.24) is 0 Å². The number of hydrogen-bond donors (Lipinski definition) is 1. The van der Waals surface area contributed by atoms with Crippen LogP contribution in [0.2, 0.25) is 0 Å². The van der Waals surface area contributed by atoms with Crippen molar-refractivity contribution in [3.8, 4) is 28.7 Å². The summed E-state index contributed by atoms with van der Waals surface area (Å²) in [7, 11) is 3.39. The molecule has 0 saturated carbocycles. The minimum absolute atomic E-state index is 0.0993. The van der Waals surface area contributed by atoms with Crippen molar-refractivity contribution < 1.29 is 28.6 Å². The van der Waals surface area contributed by atoms with Crippen LogP contribution in [0.15, 0.2) is 30.3 Å². The molecule has 0 radical (unpaired) electrons. The molecule has 3 aliphatic rings. The Morgan fingerprint density at radius 3 is 2.37 bits per heavy atom. The molecule has 1 N–H and O–H groups in total. The molecular formula is C24H30NO5+. The maximum atomic E-state index is 6.77. The molecule has 3 atom stereocenters. The summed E-state index contributed by atoms with van der Waals surface area (Å²) >= 11 is 0. The van der Waals surface area contributed by atoms with E-state index in [1.165, 1.54) is 17.7 Å². The lowest BCUT2D eigenvalue weighted by atomic mass is 9.73. The van der Waals surface area contributed by atoms with E-state index >= 15 is 0 Å². The molecule has 0 amide bonds. The molecule has 6 heteroatoms.